The molecule has 0 fully saturated rings. The van der Waals surface area contributed by atoms with E-state index in [4.69, 9.17) is 0 Å². The van der Waals surface area contributed by atoms with Crippen LogP contribution in [-0.2, 0) is 11.2 Å². The van der Waals surface area contributed by atoms with E-state index < -0.39 is 6.04 Å². The maximum absolute atomic E-state index is 13.4. The van der Waals surface area contributed by atoms with Gasteiger partial charge in [-0.1, -0.05) is 24.3 Å². The highest BCUT2D eigenvalue weighted by Gasteiger charge is 2.43. The van der Waals surface area contributed by atoms with Gasteiger partial charge in [0.2, 0.25) is 0 Å². The molecule has 29 heavy (non-hydrogen) atoms. The second kappa shape index (κ2) is 7.87. The number of nitrogens with zero attached hydrogens (tertiary/aromatic N) is 3. The lowest BCUT2D eigenvalue weighted by molar-refractivity contribution is -0.125. The van der Waals surface area contributed by atoms with E-state index in [2.05, 4.69) is 16.9 Å². The molecule has 0 aliphatic carbocycles. The number of amides is 3. The molecular weight excluding hydrogens is 371 g/mol. The summed E-state index contributed by atoms with van der Waals surface area (Å²) in [6, 6.07) is 10.6. The maximum Gasteiger partial charge on any atom is 0.322 e. The van der Waals surface area contributed by atoms with E-state index in [1.807, 2.05) is 18.2 Å². The first-order valence-electron chi connectivity index (χ1n) is 9.45. The third-order valence-electron chi connectivity index (χ3n) is 5.18. The number of hydrogen-bond acceptors (Lipinski definition) is 3. The third-order valence-corrected chi connectivity index (χ3v) is 5.18. The molecule has 1 aromatic carbocycles. The van der Waals surface area contributed by atoms with Crippen LogP contribution in [0, 0.1) is 5.82 Å². The van der Waals surface area contributed by atoms with Crippen molar-refractivity contribution in [1.82, 2.24) is 20.1 Å². The molecule has 1 unspecified atom stereocenters. The molecular formula is C22H21FN4O2. The average molecular weight is 392 g/mol. The van der Waals surface area contributed by atoms with Crippen LogP contribution in [0.1, 0.15) is 17.3 Å². The zero-order valence-corrected chi connectivity index (χ0v) is 15.8. The van der Waals surface area contributed by atoms with Gasteiger partial charge in [-0.25, -0.2) is 9.18 Å². The first kappa shape index (κ1) is 18.9. The maximum atomic E-state index is 13.4. The fraction of sp³-hybridized carbons (Fsp3) is 0.227. The summed E-state index contributed by atoms with van der Waals surface area (Å²) in [5, 5.41) is 2.88. The van der Waals surface area contributed by atoms with Crippen molar-refractivity contribution in [2.45, 2.75) is 12.5 Å². The Hall–Kier alpha value is -3.48. The van der Waals surface area contributed by atoms with Gasteiger partial charge in [0, 0.05) is 31.4 Å². The number of rotatable bonds is 6. The van der Waals surface area contributed by atoms with Crippen molar-refractivity contribution in [1.29, 1.82) is 0 Å². The predicted molar refractivity (Wildman–Crippen MR) is 106 cm³/mol. The number of hydrogen-bond donors (Lipinski definition) is 1. The van der Waals surface area contributed by atoms with Gasteiger partial charge in [0.25, 0.3) is 5.91 Å². The molecule has 2 aromatic rings. The van der Waals surface area contributed by atoms with E-state index >= 15 is 0 Å². The zero-order chi connectivity index (χ0) is 20.4. The highest BCUT2D eigenvalue weighted by Crippen LogP contribution is 2.36. The lowest BCUT2D eigenvalue weighted by Crippen LogP contribution is -2.47. The van der Waals surface area contributed by atoms with Crippen LogP contribution in [0.25, 0.3) is 0 Å². The first-order valence-corrected chi connectivity index (χ1v) is 9.45. The summed E-state index contributed by atoms with van der Waals surface area (Å²) in [5.41, 5.74) is 2.77. The van der Waals surface area contributed by atoms with Crippen molar-refractivity contribution < 1.29 is 14.0 Å². The summed E-state index contributed by atoms with van der Waals surface area (Å²) in [7, 11) is 0. The number of benzene rings is 1. The highest BCUT2D eigenvalue weighted by molar-refractivity contribution is 6.01. The van der Waals surface area contributed by atoms with Crippen LogP contribution < -0.4 is 5.32 Å². The third kappa shape index (κ3) is 3.63. The number of carbonyl (C=O) groups is 2. The Kier molecular flexibility index (Phi) is 5.12. The van der Waals surface area contributed by atoms with Crippen LogP contribution in [0.5, 0.6) is 0 Å². The van der Waals surface area contributed by atoms with Crippen LogP contribution >= 0.6 is 0 Å². The van der Waals surface area contributed by atoms with Crippen molar-refractivity contribution in [3.63, 3.8) is 0 Å². The van der Waals surface area contributed by atoms with Crippen molar-refractivity contribution in [3.8, 4) is 0 Å². The molecule has 148 valence electrons. The van der Waals surface area contributed by atoms with Gasteiger partial charge in [0.15, 0.2) is 0 Å². The van der Waals surface area contributed by atoms with E-state index in [9.17, 15) is 14.0 Å². The average Bonchev–Trinajstić information content (AvgIpc) is 3.06. The van der Waals surface area contributed by atoms with E-state index in [1.165, 1.54) is 12.1 Å². The zero-order valence-electron chi connectivity index (χ0n) is 15.8. The normalized spacial score (nSPS) is 18.7. The molecule has 3 amide bonds. The Balaban J connectivity index is 1.63. The summed E-state index contributed by atoms with van der Waals surface area (Å²) in [4.78, 5) is 33.5. The molecule has 0 radical (unpaired) electrons. The van der Waals surface area contributed by atoms with E-state index in [0.29, 0.717) is 42.9 Å². The van der Waals surface area contributed by atoms with Crippen molar-refractivity contribution in [2.24, 2.45) is 0 Å². The van der Waals surface area contributed by atoms with Crippen molar-refractivity contribution in [3.05, 3.63) is 89.7 Å². The summed E-state index contributed by atoms with van der Waals surface area (Å²) < 4.78 is 13.4. The minimum atomic E-state index is -0.605. The minimum absolute atomic E-state index is 0.126. The highest BCUT2D eigenvalue weighted by atomic mass is 19.1. The smallest absolute Gasteiger partial charge is 0.322 e. The van der Waals surface area contributed by atoms with Gasteiger partial charge in [-0.3, -0.25) is 14.7 Å². The molecule has 1 atom stereocenters. The number of pyridine rings is 1. The van der Waals surface area contributed by atoms with Gasteiger partial charge >= 0.3 is 6.03 Å². The minimum Gasteiger partial charge on any atom is -0.333 e. The number of halogens is 1. The largest absolute Gasteiger partial charge is 0.333 e. The van der Waals surface area contributed by atoms with Crippen LogP contribution in [0.4, 0.5) is 9.18 Å². The number of urea groups is 1. The molecule has 0 spiro atoms. The van der Waals surface area contributed by atoms with E-state index in [0.717, 1.165) is 5.69 Å². The molecule has 0 saturated heterocycles. The molecule has 4 rings (SSSR count). The Bertz CT molecular complexity index is 972. The van der Waals surface area contributed by atoms with Crippen molar-refractivity contribution >= 4 is 11.9 Å². The molecule has 0 saturated carbocycles. The van der Waals surface area contributed by atoms with Crippen LogP contribution in [0.2, 0.25) is 0 Å². The van der Waals surface area contributed by atoms with Gasteiger partial charge in [-0.2, -0.15) is 0 Å². The monoisotopic (exact) mass is 392 g/mol. The van der Waals surface area contributed by atoms with Crippen LogP contribution in [0.15, 0.2) is 72.6 Å². The lowest BCUT2D eigenvalue weighted by Gasteiger charge is -2.33. The molecule has 6 nitrogen and oxygen atoms in total. The Morgan fingerprint density at radius 1 is 1.21 bits per heavy atom. The Labute approximate surface area is 168 Å². The van der Waals surface area contributed by atoms with Crippen LogP contribution in [-0.4, -0.2) is 46.4 Å². The molecule has 2 aliphatic rings. The number of carbonyl (C=O) groups excluding carboxylic acids is 2. The lowest BCUT2D eigenvalue weighted by atomic mass is 9.95. The summed E-state index contributed by atoms with van der Waals surface area (Å²) in [6.07, 6.45) is 3.98. The van der Waals surface area contributed by atoms with E-state index in [-0.39, 0.29) is 17.8 Å². The van der Waals surface area contributed by atoms with Crippen molar-refractivity contribution in [2.75, 3.05) is 19.6 Å². The van der Waals surface area contributed by atoms with Gasteiger partial charge in [0.1, 0.15) is 5.82 Å². The first-order chi connectivity index (χ1) is 14.1. The van der Waals surface area contributed by atoms with E-state index in [1.54, 1.807) is 34.2 Å². The fourth-order valence-corrected chi connectivity index (χ4v) is 3.75. The quantitative estimate of drug-likeness (QED) is 0.769. The predicted octanol–water partition coefficient (Wildman–Crippen LogP) is 2.81. The molecule has 1 N–H and O–H groups in total. The molecule has 1 aromatic heterocycles. The Morgan fingerprint density at radius 2 is 2.00 bits per heavy atom. The summed E-state index contributed by atoms with van der Waals surface area (Å²) >= 11 is 0. The fourth-order valence-electron chi connectivity index (χ4n) is 3.75. The van der Waals surface area contributed by atoms with Gasteiger partial charge in [-0.05, 0) is 29.8 Å². The number of aromatic nitrogens is 1. The molecule has 7 heteroatoms. The standard InChI is InChI=1S/C22H21FN4O2/c1-2-12-27-18-14-26(13-10-17-5-3-4-11-24-17)21(28)19(18)20(25-22(27)29)15-6-8-16(23)9-7-15/h2-9,11,20H,1,10,12-14H2,(H,25,29). The molecule has 2 aliphatic heterocycles. The topological polar surface area (TPSA) is 65.5 Å². The van der Waals surface area contributed by atoms with Gasteiger partial charge in [-0.15, -0.1) is 6.58 Å². The summed E-state index contributed by atoms with van der Waals surface area (Å²) in [6.45, 7) is 4.86. The van der Waals surface area contributed by atoms with Gasteiger partial charge < -0.3 is 10.2 Å². The second-order valence-corrected chi connectivity index (χ2v) is 6.99. The molecule has 3 heterocycles. The number of nitrogens with one attached hydrogen (secondary N) is 1. The van der Waals surface area contributed by atoms with Crippen LogP contribution in [0.3, 0.4) is 0 Å². The Morgan fingerprint density at radius 3 is 2.69 bits per heavy atom. The molecule has 0 bridgehead atoms. The van der Waals surface area contributed by atoms with Gasteiger partial charge in [0.05, 0.1) is 23.9 Å². The second-order valence-electron chi connectivity index (χ2n) is 6.99. The SMILES string of the molecule is C=CCN1C(=O)NC(c2ccc(F)cc2)C2=C1CN(CCc1ccccn1)C2=O. The summed E-state index contributed by atoms with van der Waals surface area (Å²) in [5.74, 6) is -0.493.